The Kier molecular flexibility index (Phi) is 3.65. The summed E-state index contributed by atoms with van der Waals surface area (Å²) in [5.74, 6) is 0.871. The van der Waals surface area contributed by atoms with Gasteiger partial charge in [-0.2, -0.15) is 0 Å². The highest BCUT2D eigenvalue weighted by atomic mass is 32.1. The molecule has 0 bridgehead atoms. The molecule has 1 N–H and O–H groups in total. The fourth-order valence-electron chi connectivity index (χ4n) is 2.90. The van der Waals surface area contributed by atoms with E-state index in [0.717, 1.165) is 5.92 Å². The van der Waals surface area contributed by atoms with E-state index in [4.69, 9.17) is 0 Å². The molecule has 1 aliphatic rings. The standard InChI is InChI=1S/C13H22N2S/c1-4-11-5-6-13(9-11,15-10(2)3)12-14-7-8-16-12/h7-8,10-11,15H,4-6,9H2,1-3H3. The second-order valence-electron chi connectivity index (χ2n) is 5.24. The highest BCUT2D eigenvalue weighted by Gasteiger charge is 2.41. The fraction of sp³-hybridized carbons (Fsp3) is 0.769. The van der Waals surface area contributed by atoms with E-state index in [2.05, 4.69) is 36.5 Å². The molecule has 3 heteroatoms. The number of rotatable bonds is 4. The lowest BCUT2D eigenvalue weighted by Gasteiger charge is -2.31. The highest BCUT2D eigenvalue weighted by Crippen LogP contribution is 2.44. The Morgan fingerprint density at radius 3 is 2.94 bits per heavy atom. The van der Waals surface area contributed by atoms with Gasteiger partial charge < -0.3 is 5.32 Å². The van der Waals surface area contributed by atoms with Crippen LogP contribution < -0.4 is 5.32 Å². The molecule has 0 aromatic carbocycles. The quantitative estimate of drug-likeness (QED) is 0.867. The second-order valence-corrected chi connectivity index (χ2v) is 6.13. The SMILES string of the molecule is CCC1CCC(NC(C)C)(c2nccs2)C1. The topological polar surface area (TPSA) is 24.9 Å². The molecule has 0 amide bonds. The highest BCUT2D eigenvalue weighted by molar-refractivity contribution is 7.09. The summed E-state index contributed by atoms with van der Waals surface area (Å²) in [4.78, 5) is 4.55. The normalized spacial score (nSPS) is 30.1. The molecule has 1 fully saturated rings. The van der Waals surface area contributed by atoms with Crippen molar-refractivity contribution in [3.8, 4) is 0 Å². The number of aromatic nitrogens is 1. The van der Waals surface area contributed by atoms with E-state index in [-0.39, 0.29) is 5.54 Å². The minimum Gasteiger partial charge on any atom is -0.303 e. The molecule has 1 aromatic rings. The van der Waals surface area contributed by atoms with Crippen LogP contribution in [0.25, 0.3) is 0 Å². The van der Waals surface area contributed by atoms with E-state index in [1.807, 2.05) is 6.20 Å². The van der Waals surface area contributed by atoms with Crippen LogP contribution in [0.1, 0.15) is 51.5 Å². The van der Waals surface area contributed by atoms with Crippen LogP contribution in [0.4, 0.5) is 0 Å². The molecule has 1 heterocycles. The summed E-state index contributed by atoms with van der Waals surface area (Å²) < 4.78 is 0. The molecular formula is C13H22N2S. The molecule has 0 radical (unpaired) electrons. The van der Waals surface area contributed by atoms with Gasteiger partial charge in [0, 0.05) is 17.6 Å². The van der Waals surface area contributed by atoms with Crippen LogP contribution in [0, 0.1) is 5.92 Å². The minimum absolute atomic E-state index is 0.170. The van der Waals surface area contributed by atoms with Crippen molar-refractivity contribution in [3.63, 3.8) is 0 Å². The summed E-state index contributed by atoms with van der Waals surface area (Å²) in [5, 5.41) is 7.15. The fourth-order valence-corrected chi connectivity index (χ4v) is 3.74. The van der Waals surface area contributed by atoms with Gasteiger partial charge in [-0.25, -0.2) is 4.98 Å². The molecule has 1 saturated carbocycles. The molecule has 16 heavy (non-hydrogen) atoms. The maximum absolute atomic E-state index is 4.55. The summed E-state index contributed by atoms with van der Waals surface area (Å²) in [5.41, 5.74) is 0.170. The smallest absolute Gasteiger partial charge is 0.113 e. The van der Waals surface area contributed by atoms with Gasteiger partial charge in [0.05, 0.1) is 5.54 Å². The number of hydrogen-bond acceptors (Lipinski definition) is 3. The van der Waals surface area contributed by atoms with Crippen LogP contribution >= 0.6 is 11.3 Å². The van der Waals surface area contributed by atoms with Gasteiger partial charge in [0.2, 0.25) is 0 Å². The maximum atomic E-state index is 4.55. The zero-order valence-corrected chi connectivity index (χ0v) is 11.3. The van der Waals surface area contributed by atoms with E-state index in [1.54, 1.807) is 11.3 Å². The first-order chi connectivity index (χ1) is 7.66. The van der Waals surface area contributed by atoms with Gasteiger partial charge in [0.25, 0.3) is 0 Å². The Morgan fingerprint density at radius 2 is 2.44 bits per heavy atom. The van der Waals surface area contributed by atoms with Crippen molar-refractivity contribution in [2.75, 3.05) is 0 Å². The van der Waals surface area contributed by atoms with Crippen LogP contribution in [-0.4, -0.2) is 11.0 Å². The predicted octanol–water partition coefficient (Wildman–Crippen LogP) is 3.55. The molecule has 90 valence electrons. The van der Waals surface area contributed by atoms with Gasteiger partial charge in [0.15, 0.2) is 0 Å². The average molecular weight is 238 g/mol. The van der Waals surface area contributed by atoms with Gasteiger partial charge in [-0.05, 0) is 39.0 Å². The van der Waals surface area contributed by atoms with E-state index in [1.165, 1.54) is 30.7 Å². The van der Waals surface area contributed by atoms with Gasteiger partial charge in [-0.3, -0.25) is 0 Å². The van der Waals surface area contributed by atoms with Crippen molar-refractivity contribution in [3.05, 3.63) is 16.6 Å². The number of thiazole rings is 1. The number of nitrogens with zero attached hydrogens (tertiary/aromatic N) is 1. The van der Waals surface area contributed by atoms with Gasteiger partial charge in [-0.1, -0.05) is 13.3 Å². The Hall–Kier alpha value is -0.410. The lowest BCUT2D eigenvalue weighted by atomic mass is 9.94. The zero-order valence-electron chi connectivity index (χ0n) is 10.5. The largest absolute Gasteiger partial charge is 0.303 e. The zero-order chi connectivity index (χ0) is 11.6. The molecule has 2 rings (SSSR count). The lowest BCUT2D eigenvalue weighted by molar-refractivity contribution is 0.298. The average Bonchev–Trinajstić information content (AvgIpc) is 2.84. The third-order valence-corrected chi connectivity index (χ3v) is 4.58. The van der Waals surface area contributed by atoms with Gasteiger partial charge in [-0.15, -0.1) is 11.3 Å². The summed E-state index contributed by atoms with van der Waals surface area (Å²) >= 11 is 1.80. The first-order valence-electron chi connectivity index (χ1n) is 6.34. The summed E-state index contributed by atoms with van der Waals surface area (Å²) in [7, 11) is 0. The van der Waals surface area contributed by atoms with Crippen LogP contribution in [0.15, 0.2) is 11.6 Å². The van der Waals surface area contributed by atoms with Crippen molar-refractivity contribution in [2.45, 2.75) is 58.0 Å². The summed E-state index contributed by atoms with van der Waals surface area (Å²) in [6.45, 7) is 6.77. The van der Waals surface area contributed by atoms with Crippen molar-refractivity contribution < 1.29 is 0 Å². The lowest BCUT2D eigenvalue weighted by Crippen LogP contribution is -2.44. The Labute approximate surface area is 102 Å². The maximum Gasteiger partial charge on any atom is 0.113 e. The molecule has 2 atom stereocenters. The van der Waals surface area contributed by atoms with Crippen LogP contribution in [0.5, 0.6) is 0 Å². The predicted molar refractivity (Wildman–Crippen MR) is 69.7 cm³/mol. The van der Waals surface area contributed by atoms with Crippen LogP contribution in [0.2, 0.25) is 0 Å². The van der Waals surface area contributed by atoms with Gasteiger partial charge in [0.1, 0.15) is 5.01 Å². The Morgan fingerprint density at radius 1 is 1.62 bits per heavy atom. The van der Waals surface area contributed by atoms with E-state index in [9.17, 15) is 0 Å². The van der Waals surface area contributed by atoms with Crippen molar-refractivity contribution in [2.24, 2.45) is 5.92 Å². The first kappa shape index (κ1) is 12.1. The third kappa shape index (κ3) is 2.30. The van der Waals surface area contributed by atoms with Crippen LogP contribution in [-0.2, 0) is 5.54 Å². The summed E-state index contributed by atoms with van der Waals surface area (Å²) in [6.07, 6.45) is 7.08. The van der Waals surface area contributed by atoms with Crippen molar-refractivity contribution in [1.82, 2.24) is 10.3 Å². The number of nitrogens with one attached hydrogen (secondary N) is 1. The molecule has 0 spiro atoms. The molecule has 1 aliphatic carbocycles. The first-order valence-corrected chi connectivity index (χ1v) is 7.22. The second kappa shape index (κ2) is 4.84. The molecule has 0 aliphatic heterocycles. The van der Waals surface area contributed by atoms with E-state index in [0.29, 0.717) is 6.04 Å². The Balaban J connectivity index is 2.21. The molecule has 1 aromatic heterocycles. The molecule has 2 nitrogen and oxygen atoms in total. The third-order valence-electron chi connectivity index (χ3n) is 3.60. The van der Waals surface area contributed by atoms with E-state index >= 15 is 0 Å². The number of hydrogen-bond donors (Lipinski definition) is 1. The van der Waals surface area contributed by atoms with Gasteiger partial charge >= 0.3 is 0 Å². The molecule has 2 unspecified atom stereocenters. The summed E-state index contributed by atoms with van der Waals surface area (Å²) in [6, 6.07) is 0.527. The molecular weight excluding hydrogens is 216 g/mol. The van der Waals surface area contributed by atoms with E-state index < -0.39 is 0 Å². The monoisotopic (exact) mass is 238 g/mol. The van der Waals surface area contributed by atoms with Crippen LogP contribution in [0.3, 0.4) is 0 Å². The molecule has 0 saturated heterocycles. The van der Waals surface area contributed by atoms with Crippen molar-refractivity contribution in [1.29, 1.82) is 0 Å². The minimum atomic E-state index is 0.170. The Bertz CT molecular complexity index is 321. The van der Waals surface area contributed by atoms with Crippen molar-refractivity contribution >= 4 is 11.3 Å².